The predicted molar refractivity (Wildman–Crippen MR) is 39.9 cm³/mol. The molecule has 0 aromatic heterocycles. The Bertz CT molecular complexity index is 133. The van der Waals surface area contributed by atoms with Crippen molar-refractivity contribution in [2.24, 2.45) is 0 Å². The first kappa shape index (κ1) is 9.49. The van der Waals surface area contributed by atoms with Crippen molar-refractivity contribution in [3.05, 3.63) is 0 Å². The lowest BCUT2D eigenvalue weighted by Crippen LogP contribution is -2.05. The SMILES string of the molecule is CCC(=O)OCCC(=O)S. The van der Waals surface area contributed by atoms with Crippen LogP contribution in [0.4, 0.5) is 0 Å². The third-order valence-corrected chi connectivity index (χ3v) is 1.09. The maximum absolute atomic E-state index is 10.4. The van der Waals surface area contributed by atoms with Crippen LogP contribution in [0.15, 0.2) is 0 Å². The highest BCUT2D eigenvalue weighted by Gasteiger charge is 1.98. The number of carbonyl (C=O) groups is 2. The van der Waals surface area contributed by atoms with Crippen LogP contribution in [-0.4, -0.2) is 17.7 Å². The van der Waals surface area contributed by atoms with Gasteiger partial charge >= 0.3 is 5.97 Å². The van der Waals surface area contributed by atoms with Crippen molar-refractivity contribution in [2.75, 3.05) is 6.61 Å². The fraction of sp³-hybridized carbons (Fsp3) is 0.667. The Kier molecular flexibility index (Phi) is 5.02. The largest absolute Gasteiger partial charge is 0.465 e. The number of hydrogen-bond acceptors (Lipinski definition) is 3. The van der Waals surface area contributed by atoms with Crippen molar-refractivity contribution in [2.45, 2.75) is 19.8 Å². The third-order valence-electron chi connectivity index (χ3n) is 0.868. The number of esters is 1. The van der Waals surface area contributed by atoms with E-state index in [4.69, 9.17) is 0 Å². The van der Waals surface area contributed by atoms with Gasteiger partial charge in [0.05, 0.1) is 13.0 Å². The Morgan fingerprint density at radius 2 is 2.10 bits per heavy atom. The molecule has 0 aliphatic carbocycles. The summed E-state index contributed by atoms with van der Waals surface area (Å²) in [5.74, 6) is -0.283. The molecule has 0 aliphatic heterocycles. The van der Waals surface area contributed by atoms with Crippen molar-refractivity contribution in [3.8, 4) is 0 Å². The number of carbonyl (C=O) groups excluding carboxylic acids is 2. The van der Waals surface area contributed by atoms with Gasteiger partial charge in [0.2, 0.25) is 0 Å². The van der Waals surface area contributed by atoms with Crippen LogP contribution < -0.4 is 0 Å². The normalized spacial score (nSPS) is 9.00. The van der Waals surface area contributed by atoms with Gasteiger partial charge in [-0.1, -0.05) is 6.92 Å². The van der Waals surface area contributed by atoms with Gasteiger partial charge in [-0.15, -0.1) is 12.6 Å². The number of thiol groups is 1. The minimum atomic E-state index is -0.283. The summed E-state index contributed by atoms with van der Waals surface area (Å²) in [5, 5.41) is -0.260. The molecule has 0 spiro atoms. The average Bonchev–Trinajstić information content (AvgIpc) is 1.87. The molecule has 0 saturated carbocycles. The Hall–Kier alpha value is -0.510. The van der Waals surface area contributed by atoms with Crippen LogP contribution in [0.2, 0.25) is 0 Å². The maximum atomic E-state index is 10.4. The Morgan fingerprint density at radius 1 is 1.50 bits per heavy atom. The zero-order valence-electron chi connectivity index (χ0n) is 5.79. The molecule has 0 fully saturated rings. The van der Waals surface area contributed by atoms with Gasteiger partial charge in [0.15, 0.2) is 5.12 Å². The molecular weight excluding hydrogens is 152 g/mol. The predicted octanol–water partition coefficient (Wildman–Crippen LogP) is 0.786. The summed E-state index contributed by atoms with van der Waals surface area (Å²) in [4.78, 5) is 20.6. The van der Waals surface area contributed by atoms with E-state index < -0.39 is 0 Å². The first-order chi connectivity index (χ1) is 4.66. The summed E-state index contributed by atoms with van der Waals surface area (Å²) in [7, 11) is 0. The van der Waals surface area contributed by atoms with Gasteiger partial charge in [0.25, 0.3) is 0 Å². The fourth-order valence-corrected chi connectivity index (χ4v) is 0.446. The topological polar surface area (TPSA) is 43.4 Å². The molecule has 0 aromatic carbocycles. The quantitative estimate of drug-likeness (QED) is 0.491. The zero-order valence-corrected chi connectivity index (χ0v) is 6.69. The molecule has 0 radical (unpaired) electrons. The first-order valence-electron chi connectivity index (χ1n) is 3.04. The van der Waals surface area contributed by atoms with Gasteiger partial charge in [-0.2, -0.15) is 0 Å². The molecule has 4 heteroatoms. The Morgan fingerprint density at radius 3 is 2.50 bits per heavy atom. The molecular formula is C6H10O3S. The molecule has 10 heavy (non-hydrogen) atoms. The molecule has 58 valence electrons. The van der Waals surface area contributed by atoms with E-state index in [0.717, 1.165) is 0 Å². The molecule has 0 heterocycles. The molecule has 3 nitrogen and oxygen atoms in total. The summed E-state index contributed by atoms with van der Waals surface area (Å²) in [6.07, 6.45) is 0.537. The molecule has 0 aliphatic rings. The summed E-state index contributed by atoms with van der Waals surface area (Å²) in [6.45, 7) is 1.85. The summed E-state index contributed by atoms with van der Waals surface area (Å²) < 4.78 is 4.59. The summed E-state index contributed by atoms with van der Waals surface area (Å²) >= 11 is 3.50. The highest BCUT2D eigenvalue weighted by Crippen LogP contribution is 1.90. The monoisotopic (exact) mass is 162 g/mol. The lowest BCUT2D eigenvalue weighted by Gasteiger charge is -1.98. The van der Waals surface area contributed by atoms with Crippen molar-refractivity contribution in [1.82, 2.24) is 0 Å². The van der Waals surface area contributed by atoms with Crippen molar-refractivity contribution in [1.29, 1.82) is 0 Å². The summed E-state index contributed by atoms with van der Waals surface area (Å²) in [5.41, 5.74) is 0. The number of hydrogen-bond donors (Lipinski definition) is 1. The van der Waals surface area contributed by atoms with E-state index in [1.165, 1.54) is 0 Å². The van der Waals surface area contributed by atoms with Crippen LogP contribution in [0.25, 0.3) is 0 Å². The van der Waals surface area contributed by atoms with Crippen LogP contribution in [0.5, 0.6) is 0 Å². The van der Waals surface area contributed by atoms with Crippen LogP contribution in [-0.2, 0) is 14.3 Å². The van der Waals surface area contributed by atoms with Gasteiger partial charge in [0.1, 0.15) is 0 Å². The van der Waals surface area contributed by atoms with Crippen LogP contribution in [0, 0.1) is 0 Å². The average molecular weight is 162 g/mol. The minimum Gasteiger partial charge on any atom is -0.465 e. The molecule has 0 bridgehead atoms. The minimum absolute atomic E-state index is 0.148. The van der Waals surface area contributed by atoms with E-state index >= 15 is 0 Å². The molecule has 0 unspecified atom stereocenters. The van der Waals surface area contributed by atoms with Crippen LogP contribution in [0.3, 0.4) is 0 Å². The molecule has 0 rings (SSSR count). The van der Waals surface area contributed by atoms with Gasteiger partial charge in [-0.3, -0.25) is 9.59 Å². The number of ether oxygens (including phenoxy) is 1. The second-order valence-corrected chi connectivity index (χ2v) is 2.22. The van der Waals surface area contributed by atoms with E-state index in [1.54, 1.807) is 6.92 Å². The second-order valence-electron chi connectivity index (χ2n) is 1.72. The van der Waals surface area contributed by atoms with Crippen LogP contribution >= 0.6 is 12.6 Å². The van der Waals surface area contributed by atoms with Gasteiger partial charge < -0.3 is 4.74 Å². The van der Waals surface area contributed by atoms with Gasteiger partial charge in [0, 0.05) is 6.42 Å². The van der Waals surface area contributed by atoms with E-state index in [2.05, 4.69) is 17.4 Å². The molecule has 0 saturated heterocycles. The van der Waals surface area contributed by atoms with E-state index in [1.807, 2.05) is 0 Å². The first-order valence-corrected chi connectivity index (χ1v) is 3.49. The van der Waals surface area contributed by atoms with Crippen molar-refractivity contribution in [3.63, 3.8) is 0 Å². The van der Waals surface area contributed by atoms with Crippen molar-refractivity contribution >= 4 is 23.7 Å². The standard InChI is InChI=1S/C6H10O3S/c1-2-5(7)9-4-3-6(8)10/h2-4H2,1H3,(H,8,10). The maximum Gasteiger partial charge on any atom is 0.305 e. The fourth-order valence-electron chi connectivity index (χ4n) is 0.354. The van der Waals surface area contributed by atoms with E-state index in [0.29, 0.717) is 6.42 Å². The lowest BCUT2D eigenvalue weighted by molar-refractivity contribution is -0.143. The molecule has 0 amide bonds. The van der Waals surface area contributed by atoms with E-state index in [-0.39, 0.29) is 24.1 Å². The highest BCUT2D eigenvalue weighted by molar-refractivity contribution is 7.96. The third kappa shape index (κ3) is 5.62. The summed E-state index contributed by atoms with van der Waals surface area (Å²) in [6, 6.07) is 0. The molecule has 0 N–H and O–H groups in total. The Labute approximate surface area is 65.2 Å². The van der Waals surface area contributed by atoms with Crippen LogP contribution in [0.1, 0.15) is 19.8 Å². The molecule has 0 atom stereocenters. The Balaban J connectivity index is 3.20. The molecule has 0 aromatic rings. The zero-order chi connectivity index (χ0) is 7.98. The smallest absolute Gasteiger partial charge is 0.305 e. The number of rotatable bonds is 4. The van der Waals surface area contributed by atoms with E-state index in [9.17, 15) is 9.59 Å². The second kappa shape index (κ2) is 5.29. The lowest BCUT2D eigenvalue weighted by atomic mass is 10.5. The van der Waals surface area contributed by atoms with Crippen molar-refractivity contribution < 1.29 is 14.3 Å². The van der Waals surface area contributed by atoms with Gasteiger partial charge in [-0.05, 0) is 0 Å². The highest BCUT2D eigenvalue weighted by atomic mass is 32.1. The van der Waals surface area contributed by atoms with Gasteiger partial charge in [-0.25, -0.2) is 0 Å².